The van der Waals surface area contributed by atoms with E-state index in [1.807, 2.05) is 5.38 Å². The van der Waals surface area contributed by atoms with Crippen LogP contribution >= 0.6 is 11.3 Å². The second kappa shape index (κ2) is 4.15. The maximum atomic E-state index is 11.1. The Hall–Kier alpha value is -1.69. The fourth-order valence-corrected chi connectivity index (χ4v) is 4.17. The minimum absolute atomic E-state index is 0.0725. The highest BCUT2D eigenvalue weighted by molar-refractivity contribution is 7.16. The molecule has 3 heterocycles. The molecular weight excluding hydrogens is 274 g/mol. The topological polar surface area (TPSA) is 66.3 Å². The van der Waals surface area contributed by atoms with Crippen LogP contribution in [0.4, 0.5) is 5.82 Å². The molecule has 104 valence electrons. The molecule has 2 aliphatic rings. The average Bonchev–Trinajstić information content (AvgIpc) is 2.95. The van der Waals surface area contributed by atoms with E-state index in [1.54, 1.807) is 17.7 Å². The van der Waals surface area contributed by atoms with E-state index in [4.69, 9.17) is 5.11 Å². The van der Waals surface area contributed by atoms with Crippen LogP contribution in [0.1, 0.15) is 19.3 Å². The molecule has 1 atom stereocenters. The van der Waals surface area contributed by atoms with E-state index in [0.29, 0.717) is 0 Å². The minimum Gasteiger partial charge on any atom is -0.481 e. The van der Waals surface area contributed by atoms with Gasteiger partial charge in [-0.1, -0.05) is 0 Å². The van der Waals surface area contributed by atoms with Gasteiger partial charge in [0.05, 0.1) is 11.3 Å². The predicted molar refractivity (Wildman–Crippen MR) is 77.0 cm³/mol. The van der Waals surface area contributed by atoms with Gasteiger partial charge < -0.3 is 10.0 Å². The Balaban J connectivity index is 1.55. The molecule has 0 bridgehead atoms. The highest BCUT2D eigenvalue weighted by Gasteiger charge is 2.58. The Labute approximate surface area is 120 Å². The van der Waals surface area contributed by atoms with Gasteiger partial charge in [-0.3, -0.25) is 4.79 Å². The van der Waals surface area contributed by atoms with Crippen molar-refractivity contribution in [2.24, 2.45) is 11.3 Å². The summed E-state index contributed by atoms with van der Waals surface area (Å²) in [5, 5.41) is 12.3. The number of carboxylic acid groups (broad SMARTS) is 1. The van der Waals surface area contributed by atoms with Gasteiger partial charge in [-0.15, -0.1) is 11.3 Å². The van der Waals surface area contributed by atoms with Crippen LogP contribution in [-0.4, -0.2) is 34.1 Å². The number of aliphatic carboxylic acids is 1. The number of aromatic nitrogens is 2. The van der Waals surface area contributed by atoms with Gasteiger partial charge >= 0.3 is 5.97 Å². The summed E-state index contributed by atoms with van der Waals surface area (Å²) in [4.78, 5) is 23.1. The summed E-state index contributed by atoms with van der Waals surface area (Å²) in [7, 11) is 0. The number of carbonyl (C=O) groups is 1. The molecule has 0 amide bonds. The first-order valence-corrected chi connectivity index (χ1v) is 7.74. The summed E-state index contributed by atoms with van der Waals surface area (Å²) in [5.74, 6) is 0.260. The number of fused-ring (bicyclic) bond motifs is 1. The van der Waals surface area contributed by atoms with Crippen LogP contribution < -0.4 is 4.90 Å². The average molecular weight is 289 g/mol. The van der Waals surface area contributed by atoms with Gasteiger partial charge in [0.1, 0.15) is 17.0 Å². The molecule has 0 aromatic carbocycles. The lowest BCUT2D eigenvalue weighted by Crippen LogP contribution is -2.36. The lowest BCUT2D eigenvalue weighted by Gasteiger charge is -2.33. The predicted octanol–water partition coefficient (Wildman–Crippen LogP) is 2.38. The SMILES string of the molecule is O=C(O)C1CC12CCN(c1ncnc3sccc13)CC2. The second-order valence-corrected chi connectivity index (χ2v) is 6.68. The molecule has 1 aliphatic heterocycles. The first kappa shape index (κ1) is 12.1. The minimum atomic E-state index is -0.624. The molecule has 6 heteroatoms. The Morgan fingerprint density at radius 1 is 1.40 bits per heavy atom. The third kappa shape index (κ3) is 1.71. The zero-order chi connectivity index (χ0) is 13.7. The van der Waals surface area contributed by atoms with Crippen molar-refractivity contribution >= 4 is 33.3 Å². The summed E-state index contributed by atoms with van der Waals surface area (Å²) in [6.07, 6.45) is 4.39. The van der Waals surface area contributed by atoms with E-state index in [9.17, 15) is 4.79 Å². The number of hydrogen-bond donors (Lipinski definition) is 1. The summed E-state index contributed by atoms with van der Waals surface area (Å²) in [6.45, 7) is 1.79. The van der Waals surface area contributed by atoms with Gasteiger partial charge in [-0.05, 0) is 36.1 Å². The number of rotatable bonds is 2. The van der Waals surface area contributed by atoms with Gasteiger partial charge in [0.15, 0.2) is 0 Å². The van der Waals surface area contributed by atoms with Crippen molar-refractivity contribution in [2.45, 2.75) is 19.3 Å². The normalized spacial score (nSPS) is 24.2. The van der Waals surface area contributed by atoms with E-state index in [2.05, 4.69) is 20.9 Å². The number of hydrogen-bond acceptors (Lipinski definition) is 5. The molecule has 2 aromatic rings. The molecule has 20 heavy (non-hydrogen) atoms. The third-order valence-corrected chi connectivity index (χ3v) is 5.61. The molecule has 1 saturated carbocycles. The fraction of sp³-hybridized carbons (Fsp3) is 0.500. The molecule has 0 radical (unpaired) electrons. The first-order valence-electron chi connectivity index (χ1n) is 6.86. The first-order chi connectivity index (χ1) is 9.70. The zero-order valence-electron chi connectivity index (χ0n) is 11.0. The highest BCUT2D eigenvalue weighted by atomic mass is 32.1. The molecule has 5 nitrogen and oxygen atoms in total. The smallest absolute Gasteiger partial charge is 0.307 e. The van der Waals surface area contributed by atoms with E-state index in [0.717, 1.165) is 48.4 Å². The maximum absolute atomic E-state index is 11.1. The van der Waals surface area contributed by atoms with E-state index in [1.165, 1.54) is 0 Å². The van der Waals surface area contributed by atoms with Gasteiger partial charge in [-0.25, -0.2) is 9.97 Å². The van der Waals surface area contributed by atoms with Gasteiger partial charge in [-0.2, -0.15) is 0 Å². The van der Waals surface area contributed by atoms with Gasteiger partial charge in [0, 0.05) is 13.1 Å². The van der Waals surface area contributed by atoms with Gasteiger partial charge in [0.25, 0.3) is 0 Å². The Kier molecular flexibility index (Phi) is 2.51. The number of thiophene rings is 1. The van der Waals surface area contributed by atoms with Crippen molar-refractivity contribution in [3.05, 3.63) is 17.8 Å². The largest absolute Gasteiger partial charge is 0.481 e. The molecule has 2 fully saturated rings. The van der Waals surface area contributed by atoms with Crippen molar-refractivity contribution in [1.29, 1.82) is 0 Å². The number of anilines is 1. The van der Waals surface area contributed by atoms with Gasteiger partial charge in [0.2, 0.25) is 0 Å². The molecule has 1 saturated heterocycles. The van der Waals surface area contributed by atoms with Crippen LogP contribution in [-0.2, 0) is 4.79 Å². The summed E-state index contributed by atoms with van der Waals surface area (Å²) in [5.41, 5.74) is 0.0725. The van der Waals surface area contributed by atoms with Crippen LogP contribution in [0.3, 0.4) is 0 Å². The number of piperidine rings is 1. The lowest BCUT2D eigenvalue weighted by molar-refractivity contribution is -0.139. The van der Waals surface area contributed by atoms with Crippen molar-refractivity contribution in [2.75, 3.05) is 18.0 Å². The van der Waals surface area contributed by atoms with Crippen LogP contribution in [0.15, 0.2) is 17.8 Å². The molecule has 1 spiro atoms. The fourth-order valence-electron chi connectivity index (χ4n) is 3.44. The molecule has 1 aliphatic carbocycles. The van der Waals surface area contributed by atoms with Crippen molar-refractivity contribution in [1.82, 2.24) is 9.97 Å². The van der Waals surface area contributed by atoms with Crippen LogP contribution in [0.2, 0.25) is 0 Å². The van der Waals surface area contributed by atoms with Crippen molar-refractivity contribution in [3.63, 3.8) is 0 Å². The number of nitrogens with zero attached hydrogens (tertiary/aromatic N) is 3. The summed E-state index contributed by atoms with van der Waals surface area (Å²) >= 11 is 1.63. The van der Waals surface area contributed by atoms with Crippen LogP contribution in [0, 0.1) is 11.3 Å². The van der Waals surface area contributed by atoms with Crippen molar-refractivity contribution in [3.8, 4) is 0 Å². The van der Waals surface area contributed by atoms with E-state index in [-0.39, 0.29) is 11.3 Å². The molecule has 2 aromatic heterocycles. The molecule has 1 unspecified atom stereocenters. The van der Waals surface area contributed by atoms with Crippen LogP contribution in [0.5, 0.6) is 0 Å². The quantitative estimate of drug-likeness (QED) is 0.919. The highest BCUT2D eigenvalue weighted by Crippen LogP contribution is 2.59. The summed E-state index contributed by atoms with van der Waals surface area (Å²) < 4.78 is 0. The van der Waals surface area contributed by atoms with Crippen molar-refractivity contribution < 1.29 is 9.90 Å². The summed E-state index contributed by atoms with van der Waals surface area (Å²) in [6, 6.07) is 2.07. The Morgan fingerprint density at radius 3 is 2.90 bits per heavy atom. The van der Waals surface area contributed by atoms with E-state index < -0.39 is 5.97 Å². The van der Waals surface area contributed by atoms with E-state index >= 15 is 0 Å². The molecule has 1 N–H and O–H groups in total. The Bertz CT molecular complexity index is 676. The molecular formula is C14H15N3O2S. The zero-order valence-corrected chi connectivity index (χ0v) is 11.8. The lowest BCUT2D eigenvalue weighted by atomic mass is 9.91. The number of carboxylic acids is 1. The standard InChI is InChI=1S/C14H15N3O2S/c18-13(19)10-7-14(10)2-4-17(5-3-14)11-9-1-6-20-12(9)16-8-15-11/h1,6,8,10H,2-5,7H2,(H,18,19). The second-order valence-electron chi connectivity index (χ2n) is 5.78. The van der Waals surface area contributed by atoms with Crippen LogP contribution in [0.25, 0.3) is 10.2 Å². The monoisotopic (exact) mass is 289 g/mol. The third-order valence-electron chi connectivity index (χ3n) is 4.79. The molecule has 4 rings (SSSR count). The Morgan fingerprint density at radius 2 is 2.20 bits per heavy atom. The maximum Gasteiger partial charge on any atom is 0.307 e.